The van der Waals surface area contributed by atoms with Crippen LogP contribution in [0.2, 0.25) is 0 Å². The largest absolute Gasteiger partial charge is 0.480 e. The van der Waals surface area contributed by atoms with Crippen molar-refractivity contribution in [1.29, 1.82) is 0 Å². The second-order valence-corrected chi connectivity index (χ2v) is 7.49. The monoisotopic (exact) mass is 359 g/mol. The van der Waals surface area contributed by atoms with Crippen LogP contribution in [0.5, 0.6) is 0 Å². The number of aryl methyl sites for hydroxylation is 1. The number of carboxylic acid groups (broad SMARTS) is 1. The molecule has 6 nitrogen and oxygen atoms in total. The maximum absolute atomic E-state index is 12.7. The highest BCUT2D eigenvalue weighted by atomic mass is 16.4. The van der Waals surface area contributed by atoms with E-state index in [0.717, 1.165) is 38.8 Å². The maximum atomic E-state index is 12.7. The zero-order valence-electron chi connectivity index (χ0n) is 15.6. The van der Waals surface area contributed by atoms with Crippen molar-refractivity contribution in [3.05, 3.63) is 35.4 Å². The third-order valence-corrected chi connectivity index (χ3v) is 5.64. The van der Waals surface area contributed by atoms with Gasteiger partial charge in [-0.05, 0) is 44.7 Å². The molecule has 1 aromatic carbocycles. The minimum atomic E-state index is -0.794. The molecule has 2 amide bonds. The van der Waals surface area contributed by atoms with Gasteiger partial charge in [0, 0.05) is 18.6 Å². The van der Waals surface area contributed by atoms with Crippen LogP contribution in [0, 0.1) is 6.92 Å². The van der Waals surface area contributed by atoms with Gasteiger partial charge >= 0.3 is 12.0 Å². The van der Waals surface area contributed by atoms with E-state index in [1.165, 1.54) is 11.1 Å². The van der Waals surface area contributed by atoms with E-state index in [9.17, 15) is 9.59 Å². The second-order valence-electron chi connectivity index (χ2n) is 7.49. The number of benzene rings is 1. The van der Waals surface area contributed by atoms with Crippen LogP contribution in [0.1, 0.15) is 49.8 Å². The highest BCUT2D eigenvalue weighted by Gasteiger charge is 2.37. The second kappa shape index (κ2) is 8.08. The molecule has 0 bridgehead atoms. The van der Waals surface area contributed by atoms with E-state index in [1.54, 1.807) is 0 Å². The summed E-state index contributed by atoms with van der Waals surface area (Å²) in [6, 6.07) is 8.98. The molecule has 6 heteroatoms. The van der Waals surface area contributed by atoms with Crippen LogP contribution >= 0.6 is 0 Å². The molecule has 3 rings (SSSR count). The number of nitrogens with one attached hydrogen (secondary N) is 1. The van der Waals surface area contributed by atoms with Crippen molar-refractivity contribution in [3.8, 4) is 0 Å². The van der Waals surface area contributed by atoms with Crippen molar-refractivity contribution in [1.82, 2.24) is 15.1 Å². The van der Waals surface area contributed by atoms with E-state index in [2.05, 4.69) is 36.5 Å². The number of hydrogen-bond acceptors (Lipinski definition) is 3. The molecular weight excluding hydrogens is 330 g/mol. The van der Waals surface area contributed by atoms with Gasteiger partial charge in [0.1, 0.15) is 0 Å². The number of likely N-dealkylation sites (tertiary alicyclic amines) is 1. The van der Waals surface area contributed by atoms with Gasteiger partial charge in [-0.3, -0.25) is 9.69 Å². The van der Waals surface area contributed by atoms with Gasteiger partial charge in [0.25, 0.3) is 0 Å². The zero-order chi connectivity index (χ0) is 18.7. The van der Waals surface area contributed by atoms with Crippen molar-refractivity contribution in [2.24, 2.45) is 0 Å². The molecule has 1 aliphatic heterocycles. The number of urea groups is 1. The summed E-state index contributed by atoms with van der Waals surface area (Å²) in [6.45, 7) is 5.64. The molecule has 0 aromatic heterocycles. The topological polar surface area (TPSA) is 72.9 Å². The molecule has 1 atom stereocenters. The molecule has 0 radical (unpaired) electrons. The Kier molecular flexibility index (Phi) is 5.81. The molecule has 1 heterocycles. The Labute approximate surface area is 155 Å². The number of amides is 2. The summed E-state index contributed by atoms with van der Waals surface area (Å²) < 4.78 is 0. The number of hydrogen-bond donors (Lipinski definition) is 2. The van der Waals surface area contributed by atoms with Gasteiger partial charge in [-0.1, -0.05) is 36.8 Å². The predicted octanol–water partition coefficient (Wildman–Crippen LogP) is 2.78. The molecule has 2 aliphatic rings. The Morgan fingerprint density at radius 2 is 2.12 bits per heavy atom. The van der Waals surface area contributed by atoms with Crippen molar-refractivity contribution < 1.29 is 14.7 Å². The third kappa shape index (κ3) is 4.18. The Balaban J connectivity index is 1.53. The molecule has 1 aromatic rings. The van der Waals surface area contributed by atoms with Crippen LogP contribution in [-0.2, 0) is 4.79 Å². The normalized spacial score (nSPS) is 25.2. The molecule has 2 fully saturated rings. The lowest BCUT2D eigenvalue weighted by Crippen LogP contribution is -2.56. The number of aliphatic carboxylic acids is 1. The fourth-order valence-electron chi connectivity index (χ4n) is 4.17. The number of rotatable bonds is 6. The molecule has 1 unspecified atom stereocenters. The summed E-state index contributed by atoms with van der Waals surface area (Å²) in [5.41, 5.74) is 2.43. The lowest BCUT2D eigenvalue weighted by atomic mass is 9.85. The summed E-state index contributed by atoms with van der Waals surface area (Å²) in [5.74, 6) is -0.794. The maximum Gasteiger partial charge on any atom is 0.318 e. The van der Waals surface area contributed by atoms with Gasteiger partial charge in [-0.2, -0.15) is 0 Å². The van der Waals surface area contributed by atoms with Crippen LogP contribution in [0.15, 0.2) is 24.3 Å². The van der Waals surface area contributed by atoms with Crippen LogP contribution < -0.4 is 5.32 Å². The van der Waals surface area contributed by atoms with E-state index in [4.69, 9.17) is 5.11 Å². The van der Waals surface area contributed by atoms with Gasteiger partial charge in [0.05, 0.1) is 12.6 Å². The first-order chi connectivity index (χ1) is 12.5. The van der Waals surface area contributed by atoms with Crippen molar-refractivity contribution in [2.45, 2.75) is 57.7 Å². The number of likely N-dealkylation sites (N-methyl/N-ethyl adjacent to an activating group) is 1. The van der Waals surface area contributed by atoms with Gasteiger partial charge in [0.2, 0.25) is 0 Å². The Bertz CT molecular complexity index is 657. The summed E-state index contributed by atoms with van der Waals surface area (Å²) in [7, 11) is 0. The molecule has 26 heavy (non-hydrogen) atoms. The van der Waals surface area contributed by atoms with E-state index < -0.39 is 5.97 Å². The Morgan fingerprint density at radius 1 is 1.35 bits per heavy atom. The quantitative estimate of drug-likeness (QED) is 0.819. The minimum Gasteiger partial charge on any atom is -0.480 e. The first kappa shape index (κ1) is 18.7. The van der Waals surface area contributed by atoms with Gasteiger partial charge < -0.3 is 15.3 Å². The highest BCUT2D eigenvalue weighted by molar-refractivity contribution is 5.75. The molecule has 1 saturated heterocycles. The van der Waals surface area contributed by atoms with Crippen LogP contribution in [-0.4, -0.2) is 58.6 Å². The van der Waals surface area contributed by atoms with Gasteiger partial charge in [-0.25, -0.2) is 4.79 Å². The standard InChI is InChI=1S/C20H29N3O3/c1-3-22(13-19(24)25)17-11-16(12-17)21-20(26)23-9-5-8-18(23)15-7-4-6-14(2)10-15/h4,6-7,10,16-18H,3,5,8-9,11-13H2,1-2H3,(H,21,26)(H,24,25). The van der Waals surface area contributed by atoms with E-state index in [-0.39, 0.29) is 30.7 Å². The Morgan fingerprint density at radius 3 is 2.77 bits per heavy atom. The average Bonchev–Trinajstić information content (AvgIpc) is 3.05. The number of carbonyl (C=O) groups excluding carboxylic acids is 1. The summed E-state index contributed by atoms with van der Waals surface area (Å²) in [6.07, 6.45) is 3.69. The molecule has 0 spiro atoms. The third-order valence-electron chi connectivity index (χ3n) is 5.64. The SMILES string of the molecule is CCN(CC(=O)O)C1CC(NC(=O)N2CCCC2c2cccc(C)c2)C1. The molecule has 1 saturated carbocycles. The Hall–Kier alpha value is -2.08. The number of carboxylic acids is 1. The smallest absolute Gasteiger partial charge is 0.318 e. The molecule has 1 aliphatic carbocycles. The van der Waals surface area contributed by atoms with Crippen molar-refractivity contribution >= 4 is 12.0 Å². The zero-order valence-corrected chi connectivity index (χ0v) is 15.6. The number of carbonyl (C=O) groups is 2. The highest BCUT2D eigenvalue weighted by Crippen LogP contribution is 2.33. The van der Waals surface area contributed by atoms with E-state index in [1.807, 2.05) is 16.7 Å². The summed E-state index contributed by atoms with van der Waals surface area (Å²) in [5, 5.41) is 12.1. The number of nitrogens with zero attached hydrogens (tertiary/aromatic N) is 2. The van der Waals surface area contributed by atoms with E-state index >= 15 is 0 Å². The first-order valence-electron chi connectivity index (χ1n) is 9.57. The lowest BCUT2D eigenvalue weighted by molar-refractivity contribution is -0.139. The lowest BCUT2D eigenvalue weighted by Gasteiger charge is -2.43. The average molecular weight is 359 g/mol. The van der Waals surface area contributed by atoms with Gasteiger partial charge in [0.15, 0.2) is 0 Å². The summed E-state index contributed by atoms with van der Waals surface area (Å²) >= 11 is 0. The summed E-state index contributed by atoms with van der Waals surface area (Å²) in [4.78, 5) is 27.6. The van der Waals surface area contributed by atoms with Crippen LogP contribution in [0.25, 0.3) is 0 Å². The first-order valence-corrected chi connectivity index (χ1v) is 9.57. The van der Waals surface area contributed by atoms with E-state index in [0.29, 0.717) is 0 Å². The van der Waals surface area contributed by atoms with Crippen LogP contribution in [0.3, 0.4) is 0 Å². The fraction of sp³-hybridized carbons (Fsp3) is 0.600. The molecule has 142 valence electrons. The fourth-order valence-corrected chi connectivity index (χ4v) is 4.17. The van der Waals surface area contributed by atoms with Crippen molar-refractivity contribution in [3.63, 3.8) is 0 Å². The van der Waals surface area contributed by atoms with Crippen LogP contribution in [0.4, 0.5) is 4.79 Å². The predicted molar refractivity (Wildman–Crippen MR) is 100 cm³/mol. The van der Waals surface area contributed by atoms with Gasteiger partial charge in [-0.15, -0.1) is 0 Å². The minimum absolute atomic E-state index is 0.0127. The molecular formula is C20H29N3O3. The van der Waals surface area contributed by atoms with Crippen molar-refractivity contribution in [2.75, 3.05) is 19.6 Å². The molecule has 2 N–H and O–H groups in total.